The second-order valence-corrected chi connectivity index (χ2v) is 5.15. The Morgan fingerprint density at radius 1 is 1.00 bits per heavy atom. The molecular formula is C13H11NO2S. The molecule has 0 radical (unpaired) electrons. The molecule has 0 aromatic heterocycles. The van der Waals surface area contributed by atoms with Gasteiger partial charge in [-0.2, -0.15) is 0 Å². The Labute approximate surface area is 102 Å². The van der Waals surface area contributed by atoms with E-state index in [2.05, 4.69) is 0 Å². The van der Waals surface area contributed by atoms with Crippen LogP contribution in [0.1, 0.15) is 11.8 Å². The van der Waals surface area contributed by atoms with Gasteiger partial charge in [0.05, 0.1) is 10.6 Å². The number of hydrogen-bond acceptors (Lipinski definition) is 2. The number of para-hydroxylation sites is 1. The maximum Gasteiger partial charge on any atom is 0.166 e. The molecule has 1 heterocycles. The van der Waals surface area contributed by atoms with Crippen LogP contribution in [0.2, 0.25) is 0 Å². The fraction of sp³-hybridized carbons (Fsp3) is 0.0769. The molecule has 0 fully saturated rings. The summed E-state index contributed by atoms with van der Waals surface area (Å²) in [6.07, 6.45) is -0.838. The molecular weight excluding hydrogens is 234 g/mol. The van der Waals surface area contributed by atoms with Gasteiger partial charge in [-0.3, -0.25) is 4.31 Å². The zero-order valence-corrected chi connectivity index (χ0v) is 9.80. The van der Waals surface area contributed by atoms with Crippen molar-refractivity contribution in [2.75, 3.05) is 4.31 Å². The minimum absolute atomic E-state index is 0.684. The molecule has 0 unspecified atom stereocenters. The minimum Gasteiger partial charge on any atom is -0.368 e. The smallest absolute Gasteiger partial charge is 0.166 e. The highest BCUT2D eigenvalue weighted by molar-refractivity contribution is 7.86. The van der Waals surface area contributed by atoms with Gasteiger partial charge in [-0.05, 0) is 18.2 Å². The lowest BCUT2D eigenvalue weighted by Gasteiger charge is -2.20. The fourth-order valence-electron chi connectivity index (χ4n) is 1.99. The van der Waals surface area contributed by atoms with Crippen molar-refractivity contribution < 1.29 is 9.32 Å². The van der Waals surface area contributed by atoms with Crippen molar-refractivity contribution in [2.45, 2.75) is 11.1 Å². The third-order valence-electron chi connectivity index (χ3n) is 2.80. The van der Waals surface area contributed by atoms with Gasteiger partial charge in [0.25, 0.3) is 0 Å². The summed E-state index contributed by atoms with van der Waals surface area (Å²) in [5.41, 5.74) is 1.48. The Hall–Kier alpha value is -1.65. The van der Waals surface area contributed by atoms with E-state index in [9.17, 15) is 9.32 Å². The van der Waals surface area contributed by atoms with Crippen molar-refractivity contribution in [3.8, 4) is 0 Å². The van der Waals surface area contributed by atoms with Gasteiger partial charge < -0.3 is 5.11 Å². The van der Waals surface area contributed by atoms with Crippen LogP contribution < -0.4 is 4.31 Å². The van der Waals surface area contributed by atoms with E-state index in [0.29, 0.717) is 4.90 Å². The van der Waals surface area contributed by atoms with Crippen molar-refractivity contribution in [1.29, 1.82) is 0 Å². The van der Waals surface area contributed by atoms with E-state index in [0.717, 1.165) is 11.3 Å². The molecule has 2 aromatic rings. The van der Waals surface area contributed by atoms with E-state index >= 15 is 0 Å². The molecule has 1 aliphatic rings. The Kier molecular flexibility index (Phi) is 2.46. The predicted octanol–water partition coefficient (Wildman–Crippen LogP) is 2.22. The summed E-state index contributed by atoms with van der Waals surface area (Å²) in [5, 5.41) is 10.2. The molecule has 2 aromatic carbocycles. The summed E-state index contributed by atoms with van der Waals surface area (Å²) in [4.78, 5) is 0.684. The summed E-state index contributed by atoms with van der Waals surface area (Å²) in [6.45, 7) is 0. The molecule has 4 heteroatoms. The zero-order chi connectivity index (χ0) is 11.8. The maximum absolute atomic E-state index is 12.3. The standard InChI is InChI=1S/C13H11NO2S/c15-13-11-8-4-5-9-12(11)17(16)14(13)10-6-2-1-3-7-10/h1-9,13,15H/t13-,17-/m1/s1. The van der Waals surface area contributed by atoms with Crippen molar-refractivity contribution >= 4 is 16.7 Å². The first-order valence-corrected chi connectivity index (χ1v) is 6.43. The van der Waals surface area contributed by atoms with Gasteiger partial charge in [0, 0.05) is 5.56 Å². The van der Waals surface area contributed by atoms with E-state index < -0.39 is 17.2 Å². The molecule has 3 rings (SSSR count). The monoisotopic (exact) mass is 245 g/mol. The number of aliphatic hydroxyl groups is 1. The summed E-state index contributed by atoms with van der Waals surface area (Å²) >= 11 is 0. The minimum atomic E-state index is -1.33. The summed E-state index contributed by atoms with van der Waals surface area (Å²) in [5.74, 6) is 0. The Morgan fingerprint density at radius 3 is 2.35 bits per heavy atom. The van der Waals surface area contributed by atoms with Crippen LogP contribution >= 0.6 is 0 Å². The molecule has 3 nitrogen and oxygen atoms in total. The number of hydrogen-bond donors (Lipinski definition) is 1. The molecule has 0 amide bonds. The molecule has 1 aliphatic heterocycles. The van der Waals surface area contributed by atoms with Crippen LogP contribution in [0.4, 0.5) is 5.69 Å². The molecule has 0 saturated carbocycles. The van der Waals surface area contributed by atoms with Crippen LogP contribution in [-0.4, -0.2) is 9.32 Å². The normalized spacial score (nSPS) is 22.5. The first kappa shape index (κ1) is 10.5. The van der Waals surface area contributed by atoms with Crippen LogP contribution in [0.3, 0.4) is 0 Å². The van der Waals surface area contributed by atoms with Gasteiger partial charge in [-0.25, -0.2) is 4.21 Å². The summed E-state index contributed by atoms with van der Waals surface area (Å²) in [7, 11) is -1.33. The summed E-state index contributed by atoms with van der Waals surface area (Å²) < 4.78 is 13.8. The van der Waals surface area contributed by atoms with Crippen LogP contribution in [-0.2, 0) is 11.0 Å². The van der Waals surface area contributed by atoms with Gasteiger partial charge in [0.1, 0.15) is 0 Å². The molecule has 0 aliphatic carbocycles. The third kappa shape index (κ3) is 1.57. The second kappa shape index (κ2) is 3.98. The fourth-order valence-corrected chi connectivity index (χ4v) is 3.38. The van der Waals surface area contributed by atoms with E-state index in [4.69, 9.17) is 0 Å². The lowest BCUT2D eigenvalue weighted by atomic mass is 10.2. The SMILES string of the molecule is O=[S@@]1c2ccccc2[C@@H](O)N1c1ccccc1. The van der Waals surface area contributed by atoms with Crippen LogP contribution in [0.25, 0.3) is 0 Å². The Balaban J connectivity index is 2.10. The highest BCUT2D eigenvalue weighted by atomic mass is 32.2. The molecule has 1 N–H and O–H groups in total. The van der Waals surface area contributed by atoms with E-state index in [1.54, 1.807) is 12.1 Å². The molecule has 86 valence electrons. The van der Waals surface area contributed by atoms with Crippen molar-refractivity contribution in [1.82, 2.24) is 0 Å². The first-order chi connectivity index (χ1) is 8.29. The zero-order valence-electron chi connectivity index (χ0n) is 8.98. The van der Waals surface area contributed by atoms with Crippen LogP contribution in [0.15, 0.2) is 59.5 Å². The van der Waals surface area contributed by atoms with Gasteiger partial charge >= 0.3 is 0 Å². The number of rotatable bonds is 1. The van der Waals surface area contributed by atoms with E-state index in [1.165, 1.54) is 4.31 Å². The quantitative estimate of drug-likeness (QED) is 0.837. The molecule has 0 saturated heterocycles. The largest absolute Gasteiger partial charge is 0.368 e. The number of fused-ring (bicyclic) bond motifs is 1. The number of benzene rings is 2. The Bertz CT molecular complexity index is 571. The average Bonchev–Trinajstić information content (AvgIpc) is 2.64. The Morgan fingerprint density at radius 2 is 1.65 bits per heavy atom. The molecule has 2 atom stereocenters. The van der Waals surface area contributed by atoms with Gasteiger partial charge in [-0.1, -0.05) is 36.4 Å². The first-order valence-electron chi connectivity index (χ1n) is 5.32. The molecule has 0 bridgehead atoms. The van der Waals surface area contributed by atoms with Gasteiger partial charge in [0.15, 0.2) is 17.2 Å². The number of nitrogens with zero attached hydrogens (tertiary/aromatic N) is 1. The van der Waals surface area contributed by atoms with Crippen molar-refractivity contribution in [2.24, 2.45) is 0 Å². The lowest BCUT2D eigenvalue weighted by molar-refractivity contribution is 0.194. The van der Waals surface area contributed by atoms with E-state index in [1.807, 2.05) is 42.5 Å². The van der Waals surface area contributed by atoms with Crippen LogP contribution in [0.5, 0.6) is 0 Å². The van der Waals surface area contributed by atoms with Gasteiger partial charge in [-0.15, -0.1) is 0 Å². The highest BCUT2D eigenvalue weighted by Gasteiger charge is 2.35. The van der Waals surface area contributed by atoms with Crippen LogP contribution in [0, 0.1) is 0 Å². The summed E-state index contributed by atoms with van der Waals surface area (Å²) in [6, 6.07) is 16.6. The third-order valence-corrected chi connectivity index (χ3v) is 4.31. The number of anilines is 1. The average molecular weight is 245 g/mol. The van der Waals surface area contributed by atoms with E-state index in [-0.39, 0.29) is 0 Å². The topological polar surface area (TPSA) is 40.5 Å². The van der Waals surface area contributed by atoms with Crippen molar-refractivity contribution in [3.05, 3.63) is 60.2 Å². The van der Waals surface area contributed by atoms with Gasteiger partial charge in [0.2, 0.25) is 0 Å². The highest BCUT2D eigenvalue weighted by Crippen LogP contribution is 2.38. The molecule has 17 heavy (non-hydrogen) atoms. The van der Waals surface area contributed by atoms with Crippen molar-refractivity contribution in [3.63, 3.8) is 0 Å². The lowest BCUT2D eigenvalue weighted by Crippen LogP contribution is -2.23. The number of aliphatic hydroxyl groups excluding tert-OH is 1. The maximum atomic E-state index is 12.3. The predicted molar refractivity (Wildman–Crippen MR) is 66.7 cm³/mol. The molecule has 0 spiro atoms. The second-order valence-electron chi connectivity index (χ2n) is 3.82.